The molecule has 5 heteroatoms. The lowest BCUT2D eigenvalue weighted by Gasteiger charge is -2.30. The molecule has 1 fully saturated rings. The first-order chi connectivity index (χ1) is 7.83. The molecular formula is C11H18ClN3O. The number of nitrogens with zero attached hydrogens (tertiary/aromatic N) is 3. The summed E-state index contributed by atoms with van der Waals surface area (Å²) in [5, 5.41) is 7.88. The van der Waals surface area contributed by atoms with E-state index in [1.54, 1.807) is 0 Å². The second-order valence-corrected chi connectivity index (χ2v) is 4.60. The summed E-state index contributed by atoms with van der Waals surface area (Å²) < 4.78 is 5.44. The van der Waals surface area contributed by atoms with Crippen molar-refractivity contribution >= 4 is 17.6 Å². The van der Waals surface area contributed by atoms with Crippen molar-refractivity contribution in [2.45, 2.75) is 38.5 Å². The van der Waals surface area contributed by atoms with E-state index >= 15 is 0 Å². The molecule has 0 amide bonds. The maximum absolute atomic E-state index is 5.63. The second-order valence-electron chi connectivity index (χ2n) is 4.33. The molecule has 2 rings (SSSR count). The molecule has 1 saturated heterocycles. The lowest BCUT2D eigenvalue weighted by Crippen LogP contribution is -2.33. The van der Waals surface area contributed by atoms with Gasteiger partial charge >= 0.3 is 6.01 Å². The first-order valence-corrected chi connectivity index (χ1v) is 6.50. The third-order valence-corrected chi connectivity index (χ3v) is 3.38. The Hall–Kier alpha value is -0.770. The number of halogens is 1. The lowest BCUT2D eigenvalue weighted by molar-refractivity contribution is 0.363. The van der Waals surface area contributed by atoms with E-state index in [4.69, 9.17) is 16.0 Å². The van der Waals surface area contributed by atoms with E-state index in [1.165, 1.54) is 25.7 Å². The maximum atomic E-state index is 5.63. The van der Waals surface area contributed by atoms with Crippen LogP contribution in [0.5, 0.6) is 0 Å². The van der Waals surface area contributed by atoms with Crippen LogP contribution in [0, 0.1) is 5.92 Å². The van der Waals surface area contributed by atoms with E-state index in [0.717, 1.165) is 19.0 Å². The van der Waals surface area contributed by atoms with Crippen LogP contribution in [0.3, 0.4) is 0 Å². The van der Waals surface area contributed by atoms with Crippen molar-refractivity contribution in [1.29, 1.82) is 0 Å². The smallest absolute Gasteiger partial charge is 0.318 e. The minimum atomic E-state index is 0.291. The number of anilines is 1. The fraction of sp³-hybridized carbons (Fsp3) is 0.818. The van der Waals surface area contributed by atoms with Gasteiger partial charge in [0.2, 0.25) is 5.89 Å². The van der Waals surface area contributed by atoms with Crippen LogP contribution in [-0.4, -0.2) is 23.3 Å². The fourth-order valence-electron chi connectivity index (χ4n) is 2.25. The first kappa shape index (κ1) is 11.7. The third kappa shape index (κ3) is 2.67. The second kappa shape index (κ2) is 5.53. The average Bonchev–Trinajstić information content (AvgIpc) is 2.79. The molecule has 0 unspecified atom stereocenters. The highest BCUT2D eigenvalue weighted by Crippen LogP contribution is 2.25. The summed E-state index contributed by atoms with van der Waals surface area (Å²) in [6.45, 7) is 4.29. The van der Waals surface area contributed by atoms with Crippen LogP contribution >= 0.6 is 11.6 Å². The molecule has 16 heavy (non-hydrogen) atoms. The van der Waals surface area contributed by atoms with Crippen molar-refractivity contribution in [2.75, 3.05) is 18.0 Å². The lowest BCUT2D eigenvalue weighted by atomic mass is 9.93. The van der Waals surface area contributed by atoms with Gasteiger partial charge in [-0.05, 0) is 18.8 Å². The number of aromatic nitrogens is 2. The van der Waals surface area contributed by atoms with Gasteiger partial charge in [0.05, 0.1) is 0 Å². The molecule has 1 aromatic heterocycles. The van der Waals surface area contributed by atoms with Gasteiger partial charge in [0, 0.05) is 13.1 Å². The van der Waals surface area contributed by atoms with Crippen LogP contribution in [-0.2, 0) is 5.88 Å². The van der Waals surface area contributed by atoms with Gasteiger partial charge in [-0.1, -0.05) is 24.9 Å². The maximum Gasteiger partial charge on any atom is 0.318 e. The zero-order valence-electron chi connectivity index (χ0n) is 9.65. The predicted octanol–water partition coefficient (Wildman–Crippen LogP) is 2.82. The highest BCUT2D eigenvalue weighted by Gasteiger charge is 2.22. The molecule has 0 saturated carbocycles. The van der Waals surface area contributed by atoms with Gasteiger partial charge in [-0.25, -0.2) is 0 Å². The highest BCUT2D eigenvalue weighted by molar-refractivity contribution is 6.16. The molecule has 1 aliphatic heterocycles. The summed E-state index contributed by atoms with van der Waals surface area (Å²) in [6, 6.07) is 0.630. The Labute approximate surface area is 101 Å². The van der Waals surface area contributed by atoms with Gasteiger partial charge in [-0.2, -0.15) is 0 Å². The van der Waals surface area contributed by atoms with Gasteiger partial charge in [0.15, 0.2) is 0 Å². The summed E-state index contributed by atoms with van der Waals surface area (Å²) in [6.07, 6.45) is 5.07. The fourth-order valence-corrected chi connectivity index (χ4v) is 2.36. The molecule has 1 aromatic rings. The van der Waals surface area contributed by atoms with Crippen molar-refractivity contribution < 1.29 is 4.42 Å². The Bertz CT molecular complexity index is 321. The summed E-state index contributed by atoms with van der Waals surface area (Å²) in [5.41, 5.74) is 0. The van der Waals surface area contributed by atoms with E-state index in [9.17, 15) is 0 Å². The van der Waals surface area contributed by atoms with Gasteiger partial charge in [-0.3, -0.25) is 0 Å². The molecule has 0 atom stereocenters. The SMILES string of the molecule is CCCC1CCN(c2nnc(CCl)o2)CC1. The Balaban J connectivity index is 1.88. The molecule has 1 aliphatic rings. The number of hydrogen-bond acceptors (Lipinski definition) is 4. The molecule has 0 radical (unpaired) electrons. The monoisotopic (exact) mass is 243 g/mol. The standard InChI is InChI=1S/C11H18ClN3O/c1-2-3-9-4-6-15(7-5-9)11-14-13-10(8-12)16-11/h9H,2-8H2,1H3. The molecule has 4 nitrogen and oxygen atoms in total. The van der Waals surface area contributed by atoms with Gasteiger partial charge in [0.25, 0.3) is 0 Å². The molecule has 0 aromatic carbocycles. The molecule has 90 valence electrons. The first-order valence-electron chi connectivity index (χ1n) is 5.96. The average molecular weight is 244 g/mol. The minimum Gasteiger partial charge on any atom is -0.407 e. The Morgan fingerprint density at radius 2 is 2.12 bits per heavy atom. The minimum absolute atomic E-state index is 0.291. The molecule has 0 spiro atoms. The summed E-state index contributed by atoms with van der Waals surface area (Å²) in [5.74, 6) is 1.67. The van der Waals surface area contributed by atoms with Crippen molar-refractivity contribution in [3.63, 3.8) is 0 Å². The van der Waals surface area contributed by atoms with Crippen LogP contribution in [0.2, 0.25) is 0 Å². The number of rotatable bonds is 4. The van der Waals surface area contributed by atoms with Crippen LogP contribution in [0.25, 0.3) is 0 Å². The summed E-state index contributed by atoms with van der Waals surface area (Å²) in [7, 11) is 0. The van der Waals surface area contributed by atoms with E-state index in [1.807, 2.05) is 0 Å². The molecule has 0 N–H and O–H groups in total. The van der Waals surface area contributed by atoms with E-state index in [-0.39, 0.29) is 0 Å². The van der Waals surface area contributed by atoms with Crippen LogP contribution in [0.1, 0.15) is 38.5 Å². The van der Waals surface area contributed by atoms with E-state index in [2.05, 4.69) is 22.0 Å². The highest BCUT2D eigenvalue weighted by atomic mass is 35.5. The molecular weight excluding hydrogens is 226 g/mol. The largest absolute Gasteiger partial charge is 0.407 e. The zero-order valence-corrected chi connectivity index (χ0v) is 10.4. The van der Waals surface area contributed by atoms with Crippen LogP contribution in [0.15, 0.2) is 4.42 Å². The van der Waals surface area contributed by atoms with Crippen molar-refractivity contribution in [3.05, 3.63) is 5.89 Å². The van der Waals surface area contributed by atoms with Crippen LogP contribution in [0.4, 0.5) is 6.01 Å². The van der Waals surface area contributed by atoms with Crippen molar-refractivity contribution in [2.24, 2.45) is 5.92 Å². The molecule has 2 heterocycles. The topological polar surface area (TPSA) is 42.2 Å². The Kier molecular flexibility index (Phi) is 4.04. The van der Waals surface area contributed by atoms with E-state index in [0.29, 0.717) is 17.8 Å². The Morgan fingerprint density at radius 3 is 2.69 bits per heavy atom. The van der Waals surface area contributed by atoms with Gasteiger partial charge in [-0.15, -0.1) is 16.7 Å². The zero-order chi connectivity index (χ0) is 11.4. The van der Waals surface area contributed by atoms with Crippen LogP contribution < -0.4 is 4.90 Å². The normalized spacial score (nSPS) is 18.0. The van der Waals surface area contributed by atoms with Gasteiger partial charge < -0.3 is 9.32 Å². The van der Waals surface area contributed by atoms with E-state index < -0.39 is 0 Å². The summed E-state index contributed by atoms with van der Waals surface area (Å²) in [4.78, 5) is 2.16. The quantitative estimate of drug-likeness (QED) is 0.763. The van der Waals surface area contributed by atoms with Gasteiger partial charge in [0.1, 0.15) is 5.88 Å². The van der Waals surface area contributed by atoms with Crippen molar-refractivity contribution in [1.82, 2.24) is 10.2 Å². The van der Waals surface area contributed by atoms with Crippen molar-refractivity contribution in [3.8, 4) is 0 Å². The Morgan fingerprint density at radius 1 is 1.38 bits per heavy atom. The third-order valence-electron chi connectivity index (χ3n) is 3.15. The predicted molar refractivity (Wildman–Crippen MR) is 63.7 cm³/mol. The number of piperidine rings is 1. The number of alkyl halides is 1. The molecule has 0 aliphatic carbocycles. The number of hydrogen-bond donors (Lipinski definition) is 0. The summed E-state index contributed by atoms with van der Waals surface area (Å²) >= 11 is 5.63. The molecule has 0 bridgehead atoms.